The number of nitrogens with zero attached hydrogens (tertiary/aromatic N) is 1. The van der Waals surface area contributed by atoms with Crippen molar-refractivity contribution in [3.05, 3.63) is 0 Å². The molecule has 124 valence electrons. The minimum absolute atomic E-state index is 0.0500. The molecule has 2 N–H and O–H groups in total. The van der Waals surface area contributed by atoms with E-state index in [4.69, 9.17) is 0 Å². The van der Waals surface area contributed by atoms with E-state index in [2.05, 4.69) is 38.0 Å². The molecule has 0 spiro atoms. The molecule has 21 heavy (non-hydrogen) atoms. The van der Waals surface area contributed by atoms with E-state index in [0.29, 0.717) is 12.1 Å². The molecule has 0 heterocycles. The van der Waals surface area contributed by atoms with Gasteiger partial charge in [-0.3, -0.25) is 0 Å². The van der Waals surface area contributed by atoms with Gasteiger partial charge in [-0.1, -0.05) is 33.6 Å². The van der Waals surface area contributed by atoms with Crippen molar-refractivity contribution >= 4 is 0 Å². The Labute approximate surface area is 131 Å². The molecule has 3 nitrogen and oxygen atoms in total. The third kappa shape index (κ3) is 4.43. The molecule has 0 aromatic rings. The van der Waals surface area contributed by atoms with Crippen LogP contribution >= 0.6 is 0 Å². The zero-order valence-electron chi connectivity index (χ0n) is 14.6. The molecule has 2 fully saturated rings. The van der Waals surface area contributed by atoms with Crippen molar-refractivity contribution in [2.75, 3.05) is 13.7 Å². The molecule has 2 saturated carbocycles. The predicted octanol–water partition coefficient (Wildman–Crippen LogP) is 3.17. The lowest BCUT2D eigenvalue weighted by Crippen LogP contribution is -2.58. The van der Waals surface area contributed by atoms with E-state index in [0.717, 1.165) is 24.8 Å². The minimum Gasteiger partial charge on any atom is -0.394 e. The van der Waals surface area contributed by atoms with Gasteiger partial charge in [0, 0.05) is 23.7 Å². The normalized spacial score (nSPS) is 38.1. The van der Waals surface area contributed by atoms with Gasteiger partial charge in [0.15, 0.2) is 0 Å². The molecule has 2 rings (SSSR count). The first-order valence-corrected chi connectivity index (χ1v) is 9.06. The van der Waals surface area contributed by atoms with Gasteiger partial charge in [0.25, 0.3) is 0 Å². The van der Waals surface area contributed by atoms with Gasteiger partial charge in [0.1, 0.15) is 0 Å². The number of aliphatic hydroxyl groups excluding tert-OH is 1. The van der Waals surface area contributed by atoms with Crippen molar-refractivity contribution in [1.82, 2.24) is 10.2 Å². The van der Waals surface area contributed by atoms with Crippen LogP contribution in [0.2, 0.25) is 0 Å². The minimum atomic E-state index is -0.0500. The molecule has 0 aromatic carbocycles. The quantitative estimate of drug-likeness (QED) is 0.818. The highest BCUT2D eigenvalue weighted by Gasteiger charge is 2.39. The van der Waals surface area contributed by atoms with Crippen LogP contribution in [0.3, 0.4) is 0 Å². The summed E-state index contributed by atoms with van der Waals surface area (Å²) in [4.78, 5) is 2.65. The van der Waals surface area contributed by atoms with Gasteiger partial charge in [0.05, 0.1) is 6.61 Å². The molecule has 0 radical (unpaired) electrons. The van der Waals surface area contributed by atoms with E-state index in [1.54, 1.807) is 0 Å². The maximum Gasteiger partial charge on any atom is 0.0613 e. The smallest absolute Gasteiger partial charge is 0.0613 e. The second-order valence-corrected chi connectivity index (χ2v) is 8.08. The number of hydrogen-bond donors (Lipinski definition) is 2. The van der Waals surface area contributed by atoms with Crippen LogP contribution in [-0.2, 0) is 0 Å². The SMILES string of the molecule is CC1CCCC(N(C)C2CCCC(CO)(NC(C)C)C2)C1. The first-order chi connectivity index (χ1) is 9.96. The molecular weight excluding hydrogens is 260 g/mol. The summed E-state index contributed by atoms with van der Waals surface area (Å²) in [6.45, 7) is 7.05. The Morgan fingerprint density at radius 1 is 1.19 bits per heavy atom. The molecule has 0 aliphatic heterocycles. The zero-order chi connectivity index (χ0) is 15.5. The van der Waals surface area contributed by atoms with Crippen LogP contribution in [0, 0.1) is 5.92 Å². The molecule has 0 bridgehead atoms. The molecule has 2 aliphatic carbocycles. The van der Waals surface area contributed by atoms with Gasteiger partial charge in [-0.05, 0) is 51.5 Å². The molecule has 0 amide bonds. The van der Waals surface area contributed by atoms with E-state index in [9.17, 15) is 5.11 Å². The van der Waals surface area contributed by atoms with Crippen molar-refractivity contribution in [2.24, 2.45) is 5.92 Å². The molecule has 3 heteroatoms. The highest BCUT2D eigenvalue weighted by Crippen LogP contribution is 2.35. The predicted molar refractivity (Wildman–Crippen MR) is 89.5 cm³/mol. The highest BCUT2D eigenvalue weighted by atomic mass is 16.3. The van der Waals surface area contributed by atoms with Crippen molar-refractivity contribution in [1.29, 1.82) is 0 Å². The maximum absolute atomic E-state index is 9.96. The Kier molecular flexibility index (Phi) is 6.10. The molecular formula is C18H36N2O. The first-order valence-electron chi connectivity index (χ1n) is 9.06. The lowest BCUT2D eigenvalue weighted by Gasteiger charge is -2.47. The van der Waals surface area contributed by atoms with E-state index in [-0.39, 0.29) is 12.1 Å². The van der Waals surface area contributed by atoms with Crippen molar-refractivity contribution in [2.45, 2.75) is 95.8 Å². The van der Waals surface area contributed by atoms with Crippen LogP contribution < -0.4 is 5.32 Å². The molecule has 0 aromatic heterocycles. The van der Waals surface area contributed by atoms with Crippen LogP contribution in [-0.4, -0.2) is 47.3 Å². The Bertz CT molecular complexity index is 320. The second-order valence-electron chi connectivity index (χ2n) is 8.08. The summed E-state index contributed by atoms with van der Waals surface area (Å²) >= 11 is 0. The van der Waals surface area contributed by atoms with Gasteiger partial charge < -0.3 is 15.3 Å². The first kappa shape index (κ1) is 17.2. The van der Waals surface area contributed by atoms with Crippen LogP contribution in [0.25, 0.3) is 0 Å². The van der Waals surface area contributed by atoms with Crippen LogP contribution in [0.1, 0.15) is 72.1 Å². The van der Waals surface area contributed by atoms with E-state index >= 15 is 0 Å². The van der Waals surface area contributed by atoms with Crippen molar-refractivity contribution in [3.63, 3.8) is 0 Å². The monoisotopic (exact) mass is 296 g/mol. The van der Waals surface area contributed by atoms with Gasteiger partial charge in [-0.15, -0.1) is 0 Å². The maximum atomic E-state index is 9.96. The summed E-state index contributed by atoms with van der Waals surface area (Å²) in [7, 11) is 2.33. The summed E-state index contributed by atoms with van der Waals surface area (Å²) in [5.41, 5.74) is -0.0500. The molecule has 0 saturated heterocycles. The summed E-state index contributed by atoms with van der Waals surface area (Å²) in [6.07, 6.45) is 10.3. The molecule has 4 unspecified atom stereocenters. The average molecular weight is 296 g/mol. The van der Waals surface area contributed by atoms with Crippen molar-refractivity contribution < 1.29 is 5.11 Å². The largest absolute Gasteiger partial charge is 0.394 e. The fourth-order valence-electron chi connectivity index (χ4n) is 4.68. The Hall–Kier alpha value is -0.120. The van der Waals surface area contributed by atoms with Crippen molar-refractivity contribution in [3.8, 4) is 0 Å². The topological polar surface area (TPSA) is 35.5 Å². The second kappa shape index (κ2) is 7.43. The highest BCUT2D eigenvalue weighted by molar-refractivity contribution is 4.98. The molecule has 2 aliphatic rings. The van der Waals surface area contributed by atoms with Crippen LogP contribution in [0.5, 0.6) is 0 Å². The summed E-state index contributed by atoms with van der Waals surface area (Å²) in [5.74, 6) is 0.881. The van der Waals surface area contributed by atoms with Crippen LogP contribution in [0.15, 0.2) is 0 Å². The van der Waals surface area contributed by atoms with E-state index in [1.807, 2.05) is 0 Å². The summed E-state index contributed by atoms with van der Waals surface area (Å²) in [6, 6.07) is 1.83. The Balaban J connectivity index is 1.98. The third-order valence-electron chi connectivity index (χ3n) is 5.78. The number of nitrogens with one attached hydrogen (secondary N) is 1. The third-order valence-corrected chi connectivity index (χ3v) is 5.78. The standard InChI is InChI=1S/C18H36N2O/c1-14(2)19-18(13-21)10-6-9-17(12-18)20(4)16-8-5-7-15(3)11-16/h14-17,19,21H,5-13H2,1-4H3. The van der Waals surface area contributed by atoms with Gasteiger partial charge in [0.2, 0.25) is 0 Å². The van der Waals surface area contributed by atoms with E-state index < -0.39 is 0 Å². The number of rotatable bonds is 5. The lowest BCUT2D eigenvalue weighted by molar-refractivity contribution is 0.0350. The molecule has 4 atom stereocenters. The van der Waals surface area contributed by atoms with Gasteiger partial charge in [-0.2, -0.15) is 0 Å². The number of aliphatic hydroxyl groups is 1. The number of hydrogen-bond acceptors (Lipinski definition) is 3. The van der Waals surface area contributed by atoms with Gasteiger partial charge >= 0.3 is 0 Å². The zero-order valence-corrected chi connectivity index (χ0v) is 14.6. The Morgan fingerprint density at radius 2 is 1.90 bits per heavy atom. The fourth-order valence-corrected chi connectivity index (χ4v) is 4.68. The summed E-state index contributed by atoms with van der Waals surface area (Å²) < 4.78 is 0. The average Bonchev–Trinajstić information content (AvgIpc) is 2.46. The van der Waals surface area contributed by atoms with Gasteiger partial charge in [-0.25, -0.2) is 0 Å². The fraction of sp³-hybridized carbons (Fsp3) is 1.00. The summed E-state index contributed by atoms with van der Waals surface area (Å²) in [5, 5.41) is 13.6. The van der Waals surface area contributed by atoms with E-state index in [1.165, 1.54) is 38.5 Å². The van der Waals surface area contributed by atoms with Crippen LogP contribution in [0.4, 0.5) is 0 Å². The Morgan fingerprint density at radius 3 is 2.52 bits per heavy atom. The lowest BCUT2D eigenvalue weighted by atomic mass is 9.77.